The molecule has 1 unspecified atom stereocenters. The largest absolute Gasteiger partial charge is 0.462 e. The van der Waals surface area contributed by atoms with Gasteiger partial charge >= 0.3 is 17.9 Å². The van der Waals surface area contributed by atoms with Crippen molar-refractivity contribution in [2.45, 2.75) is 264 Å². The summed E-state index contributed by atoms with van der Waals surface area (Å²) < 4.78 is 16.8. The summed E-state index contributed by atoms with van der Waals surface area (Å²) in [6.45, 7) is 6.46. The lowest BCUT2D eigenvalue weighted by molar-refractivity contribution is -0.167. The van der Waals surface area contributed by atoms with Crippen LogP contribution in [0.2, 0.25) is 0 Å². The molecule has 0 fully saturated rings. The molecule has 0 saturated carbocycles. The molecule has 0 aliphatic carbocycles. The van der Waals surface area contributed by atoms with Gasteiger partial charge in [-0.25, -0.2) is 0 Å². The lowest BCUT2D eigenvalue weighted by Crippen LogP contribution is -2.30. The summed E-state index contributed by atoms with van der Waals surface area (Å²) in [6.07, 6.45) is 70.0. The van der Waals surface area contributed by atoms with Crippen LogP contribution in [0, 0.1) is 0 Å². The number of esters is 3. The van der Waals surface area contributed by atoms with E-state index in [1.807, 2.05) is 0 Å². The third-order valence-electron chi connectivity index (χ3n) is 11.6. The van der Waals surface area contributed by atoms with Crippen LogP contribution in [0.1, 0.15) is 258 Å². The Hall–Kier alpha value is -3.41. The molecule has 0 aromatic rings. The van der Waals surface area contributed by atoms with E-state index in [1.54, 1.807) is 0 Å². The Kier molecular flexibility index (Phi) is 51.4. The van der Waals surface area contributed by atoms with Crippen LogP contribution in [0.15, 0.2) is 85.1 Å². The maximum Gasteiger partial charge on any atom is 0.306 e. The minimum Gasteiger partial charge on any atom is -0.462 e. The Labute approximate surface area is 407 Å². The third kappa shape index (κ3) is 51.6. The van der Waals surface area contributed by atoms with Gasteiger partial charge in [0.25, 0.3) is 0 Å². The summed E-state index contributed by atoms with van der Waals surface area (Å²) in [7, 11) is 0. The maximum atomic E-state index is 12.8. The highest BCUT2D eigenvalue weighted by molar-refractivity contribution is 5.71. The van der Waals surface area contributed by atoms with E-state index in [9.17, 15) is 14.4 Å². The van der Waals surface area contributed by atoms with Crippen LogP contribution in [0.4, 0.5) is 0 Å². The second-order valence-corrected chi connectivity index (χ2v) is 18.1. The molecule has 1 atom stereocenters. The molecule has 6 nitrogen and oxygen atoms in total. The first-order valence-electron chi connectivity index (χ1n) is 27.6. The molecular formula is C60H102O6. The number of ether oxygens (including phenoxy) is 3. The summed E-state index contributed by atoms with van der Waals surface area (Å²) in [4.78, 5) is 38.1. The number of hydrogen-bond acceptors (Lipinski definition) is 6. The summed E-state index contributed by atoms with van der Waals surface area (Å²) in [6, 6.07) is 0. The fourth-order valence-corrected chi connectivity index (χ4v) is 7.47. The number of carbonyl (C=O) groups excluding carboxylic acids is 3. The number of rotatable bonds is 49. The van der Waals surface area contributed by atoms with E-state index in [0.717, 1.165) is 83.5 Å². The molecule has 0 amide bonds. The minimum absolute atomic E-state index is 0.100. The Bertz CT molecular complexity index is 1290. The molecule has 0 spiro atoms. The van der Waals surface area contributed by atoms with Gasteiger partial charge in [0.15, 0.2) is 6.10 Å². The van der Waals surface area contributed by atoms with Crippen molar-refractivity contribution in [3.63, 3.8) is 0 Å². The molecule has 0 bridgehead atoms. The summed E-state index contributed by atoms with van der Waals surface area (Å²) in [5.74, 6) is -0.970. The average Bonchev–Trinajstić information content (AvgIpc) is 3.31. The van der Waals surface area contributed by atoms with Crippen molar-refractivity contribution in [3.05, 3.63) is 85.1 Å². The molecule has 0 aliphatic rings. The van der Waals surface area contributed by atoms with E-state index in [4.69, 9.17) is 14.2 Å². The fourth-order valence-electron chi connectivity index (χ4n) is 7.47. The van der Waals surface area contributed by atoms with Crippen molar-refractivity contribution in [1.29, 1.82) is 0 Å². The van der Waals surface area contributed by atoms with Gasteiger partial charge in [-0.3, -0.25) is 14.4 Å². The van der Waals surface area contributed by atoms with Crippen molar-refractivity contribution in [2.75, 3.05) is 13.2 Å². The van der Waals surface area contributed by atoms with Gasteiger partial charge in [0.05, 0.1) is 0 Å². The smallest absolute Gasteiger partial charge is 0.306 e. The third-order valence-corrected chi connectivity index (χ3v) is 11.6. The van der Waals surface area contributed by atoms with Crippen molar-refractivity contribution < 1.29 is 28.6 Å². The first-order valence-corrected chi connectivity index (χ1v) is 27.6. The first-order chi connectivity index (χ1) is 32.5. The van der Waals surface area contributed by atoms with Crippen LogP contribution in [-0.2, 0) is 28.6 Å². The predicted molar refractivity (Wildman–Crippen MR) is 284 cm³/mol. The quantitative estimate of drug-likeness (QED) is 0.0262. The molecule has 66 heavy (non-hydrogen) atoms. The molecule has 0 N–H and O–H groups in total. The predicted octanol–water partition coefficient (Wildman–Crippen LogP) is 18.4. The molecule has 0 heterocycles. The number of unbranched alkanes of at least 4 members (excludes halogenated alkanes) is 24. The van der Waals surface area contributed by atoms with E-state index in [0.29, 0.717) is 19.3 Å². The topological polar surface area (TPSA) is 78.9 Å². The zero-order valence-electron chi connectivity index (χ0n) is 43.2. The standard InChI is InChI=1S/C60H102O6/c1-4-7-10-13-16-19-22-25-28-30-32-35-38-41-44-47-50-53-59(62)65-56-57(55-64-58(61)52-49-46-43-40-37-34-27-24-21-18-15-12-9-6-3)66-60(63)54-51-48-45-42-39-36-33-31-29-26-23-20-17-14-11-8-5-2/h7,10,16,19,24-29,32,35,41,44,57H,4-6,8-9,11-15,17-18,20-23,30-31,33-34,36-40,42-43,45-56H2,1-3H3/b10-7-,19-16-,27-24-,28-25-,29-26-,35-32-,44-41-. The number of carbonyl (C=O) groups is 3. The maximum absolute atomic E-state index is 12.8. The van der Waals surface area contributed by atoms with Crippen molar-refractivity contribution in [3.8, 4) is 0 Å². The van der Waals surface area contributed by atoms with Gasteiger partial charge in [-0.15, -0.1) is 0 Å². The zero-order valence-corrected chi connectivity index (χ0v) is 43.2. The number of allylic oxidation sites excluding steroid dienone is 14. The van der Waals surface area contributed by atoms with Crippen molar-refractivity contribution in [2.24, 2.45) is 0 Å². The molecule has 0 saturated heterocycles. The highest BCUT2D eigenvalue weighted by Crippen LogP contribution is 2.14. The highest BCUT2D eigenvalue weighted by Gasteiger charge is 2.19. The first kappa shape index (κ1) is 62.6. The van der Waals surface area contributed by atoms with Crippen LogP contribution >= 0.6 is 0 Å². The van der Waals surface area contributed by atoms with E-state index < -0.39 is 6.10 Å². The van der Waals surface area contributed by atoms with Gasteiger partial charge in [0.2, 0.25) is 0 Å². The second-order valence-electron chi connectivity index (χ2n) is 18.1. The Morgan fingerprint density at radius 1 is 0.318 bits per heavy atom. The Balaban J connectivity index is 4.49. The molecule has 0 radical (unpaired) electrons. The Morgan fingerprint density at radius 2 is 0.606 bits per heavy atom. The zero-order chi connectivity index (χ0) is 47.9. The minimum atomic E-state index is -0.805. The van der Waals surface area contributed by atoms with Crippen LogP contribution in [0.25, 0.3) is 0 Å². The van der Waals surface area contributed by atoms with Gasteiger partial charge in [-0.2, -0.15) is 0 Å². The van der Waals surface area contributed by atoms with Crippen LogP contribution in [0.5, 0.6) is 0 Å². The van der Waals surface area contributed by atoms with Crippen LogP contribution in [0.3, 0.4) is 0 Å². The molecular weight excluding hydrogens is 817 g/mol. The Morgan fingerprint density at radius 3 is 1.00 bits per heavy atom. The monoisotopic (exact) mass is 919 g/mol. The van der Waals surface area contributed by atoms with Gasteiger partial charge < -0.3 is 14.2 Å². The average molecular weight is 919 g/mol. The lowest BCUT2D eigenvalue weighted by Gasteiger charge is -2.18. The van der Waals surface area contributed by atoms with E-state index in [1.165, 1.54) is 128 Å². The molecule has 378 valence electrons. The summed E-state index contributed by atoms with van der Waals surface area (Å²) >= 11 is 0. The van der Waals surface area contributed by atoms with Gasteiger partial charge in [0, 0.05) is 19.3 Å². The van der Waals surface area contributed by atoms with Crippen molar-refractivity contribution in [1.82, 2.24) is 0 Å². The highest BCUT2D eigenvalue weighted by atomic mass is 16.6. The summed E-state index contributed by atoms with van der Waals surface area (Å²) in [5, 5.41) is 0. The molecule has 0 aromatic heterocycles. The second kappa shape index (κ2) is 54.2. The molecule has 0 aliphatic heterocycles. The molecule has 0 rings (SSSR count). The van der Waals surface area contributed by atoms with E-state index in [-0.39, 0.29) is 37.5 Å². The van der Waals surface area contributed by atoms with Crippen molar-refractivity contribution >= 4 is 17.9 Å². The lowest BCUT2D eigenvalue weighted by atomic mass is 10.1. The van der Waals surface area contributed by atoms with Gasteiger partial charge in [-0.1, -0.05) is 215 Å². The molecule has 6 heteroatoms. The van der Waals surface area contributed by atoms with E-state index >= 15 is 0 Å². The number of hydrogen-bond donors (Lipinski definition) is 0. The van der Waals surface area contributed by atoms with E-state index in [2.05, 4.69) is 106 Å². The molecule has 0 aromatic carbocycles. The van der Waals surface area contributed by atoms with Crippen LogP contribution in [-0.4, -0.2) is 37.2 Å². The normalized spacial score (nSPS) is 12.7. The van der Waals surface area contributed by atoms with Gasteiger partial charge in [-0.05, 0) is 109 Å². The van der Waals surface area contributed by atoms with Gasteiger partial charge in [0.1, 0.15) is 13.2 Å². The SMILES string of the molecule is CC/C=C\C/C=C\C/C=C\C/C=C\C/C=C\CCCC(=O)OCC(COC(=O)CCCCCCC/C=C\CCCCCCC)OC(=O)CCCCCCCCC/C=C\CCCCCCCC. The summed E-state index contributed by atoms with van der Waals surface area (Å²) in [5.41, 5.74) is 0. The fraction of sp³-hybridized carbons (Fsp3) is 0.717. The van der Waals surface area contributed by atoms with Crippen LogP contribution < -0.4 is 0 Å².